The van der Waals surface area contributed by atoms with E-state index in [1.54, 1.807) is 29.2 Å². The van der Waals surface area contributed by atoms with Crippen LogP contribution < -0.4 is 10.6 Å². The molecule has 1 saturated heterocycles. The molecule has 6 heteroatoms. The minimum Gasteiger partial charge on any atom is -0.348 e. The Labute approximate surface area is 193 Å². The summed E-state index contributed by atoms with van der Waals surface area (Å²) in [5.41, 5.74) is 4.00. The summed E-state index contributed by atoms with van der Waals surface area (Å²) in [7, 11) is 0. The van der Waals surface area contributed by atoms with Crippen molar-refractivity contribution in [2.24, 2.45) is 5.92 Å². The SMILES string of the molecule is Cc1cccc(CNC(=O)c2ccccc2NC(=O)[C@H]2CC(=O)N(Cc3ccccc3)C2)c1. The van der Waals surface area contributed by atoms with Crippen molar-refractivity contribution in [3.05, 3.63) is 101 Å². The number of carbonyl (C=O) groups is 3. The molecule has 0 bridgehead atoms. The summed E-state index contributed by atoms with van der Waals surface area (Å²) in [4.78, 5) is 39.9. The van der Waals surface area contributed by atoms with Gasteiger partial charge in [0.05, 0.1) is 17.2 Å². The molecule has 33 heavy (non-hydrogen) atoms. The Kier molecular flexibility index (Phi) is 6.83. The normalized spacial score (nSPS) is 15.4. The fourth-order valence-corrected chi connectivity index (χ4v) is 4.03. The zero-order valence-electron chi connectivity index (χ0n) is 18.6. The number of likely N-dealkylation sites (tertiary alicyclic amines) is 1. The van der Waals surface area contributed by atoms with Crippen molar-refractivity contribution in [3.63, 3.8) is 0 Å². The largest absolute Gasteiger partial charge is 0.348 e. The third-order valence-corrected chi connectivity index (χ3v) is 5.77. The molecule has 1 atom stereocenters. The number of para-hydroxylation sites is 1. The Balaban J connectivity index is 1.38. The second-order valence-corrected chi connectivity index (χ2v) is 8.37. The van der Waals surface area contributed by atoms with Crippen LogP contribution in [0.5, 0.6) is 0 Å². The monoisotopic (exact) mass is 441 g/mol. The van der Waals surface area contributed by atoms with Crippen LogP contribution in [-0.4, -0.2) is 29.2 Å². The molecule has 6 nitrogen and oxygen atoms in total. The minimum absolute atomic E-state index is 0.0387. The van der Waals surface area contributed by atoms with Gasteiger partial charge in [-0.25, -0.2) is 0 Å². The average Bonchev–Trinajstić information content (AvgIpc) is 3.19. The molecule has 0 aromatic heterocycles. The fourth-order valence-electron chi connectivity index (χ4n) is 4.03. The molecule has 168 valence electrons. The van der Waals surface area contributed by atoms with Gasteiger partial charge >= 0.3 is 0 Å². The maximum absolute atomic E-state index is 12.9. The van der Waals surface area contributed by atoms with Crippen LogP contribution in [0.15, 0.2) is 78.9 Å². The van der Waals surface area contributed by atoms with Gasteiger partial charge in [-0.2, -0.15) is 0 Å². The van der Waals surface area contributed by atoms with Crippen LogP contribution in [0.2, 0.25) is 0 Å². The van der Waals surface area contributed by atoms with E-state index < -0.39 is 5.92 Å². The molecule has 4 rings (SSSR count). The molecule has 3 amide bonds. The molecule has 1 aliphatic heterocycles. The predicted octanol–water partition coefficient (Wildman–Crippen LogP) is 3.91. The molecule has 1 fully saturated rings. The Morgan fingerprint density at radius 3 is 2.45 bits per heavy atom. The minimum atomic E-state index is -0.454. The van der Waals surface area contributed by atoms with Crippen molar-refractivity contribution in [2.75, 3.05) is 11.9 Å². The van der Waals surface area contributed by atoms with E-state index in [9.17, 15) is 14.4 Å². The van der Waals surface area contributed by atoms with E-state index in [1.807, 2.05) is 61.5 Å². The Morgan fingerprint density at radius 1 is 0.939 bits per heavy atom. The Bertz CT molecular complexity index is 1160. The number of hydrogen-bond donors (Lipinski definition) is 2. The molecule has 0 spiro atoms. The third-order valence-electron chi connectivity index (χ3n) is 5.77. The summed E-state index contributed by atoms with van der Waals surface area (Å²) in [6, 6.07) is 24.6. The second kappa shape index (κ2) is 10.1. The van der Waals surface area contributed by atoms with Gasteiger partial charge in [0.15, 0.2) is 0 Å². The highest BCUT2D eigenvalue weighted by atomic mass is 16.2. The van der Waals surface area contributed by atoms with Gasteiger partial charge in [0.25, 0.3) is 5.91 Å². The molecular formula is C27H27N3O3. The van der Waals surface area contributed by atoms with Crippen LogP contribution >= 0.6 is 0 Å². The van der Waals surface area contributed by atoms with E-state index in [0.717, 1.165) is 16.7 Å². The van der Waals surface area contributed by atoms with Crippen LogP contribution in [0.25, 0.3) is 0 Å². The van der Waals surface area contributed by atoms with Crippen LogP contribution in [0.4, 0.5) is 5.69 Å². The molecule has 3 aromatic carbocycles. The van der Waals surface area contributed by atoms with Gasteiger partial charge in [-0.05, 0) is 30.2 Å². The van der Waals surface area contributed by atoms with E-state index in [1.165, 1.54) is 0 Å². The zero-order valence-corrected chi connectivity index (χ0v) is 18.6. The number of anilines is 1. The highest BCUT2D eigenvalue weighted by Gasteiger charge is 2.34. The van der Waals surface area contributed by atoms with Gasteiger partial charge in [0.1, 0.15) is 0 Å². The second-order valence-electron chi connectivity index (χ2n) is 8.37. The highest BCUT2D eigenvalue weighted by Crippen LogP contribution is 2.23. The highest BCUT2D eigenvalue weighted by molar-refractivity contribution is 6.05. The van der Waals surface area contributed by atoms with Crippen molar-refractivity contribution in [2.45, 2.75) is 26.4 Å². The van der Waals surface area contributed by atoms with Crippen LogP contribution in [-0.2, 0) is 22.7 Å². The number of carbonyl (C=O) groups excluding carboxylic acids is 3. The summed E-state index contributed by atoms with van der Waals surface area (Å²) in [5, 5.41) is 5.78. The van der Waals surface area contributed by atoms with Crippen molar-refractivity contribution in [3.8, 4) is 0 Å². The summed E-state index contributed by atoms with van der Waals surface area (Å²) in [6.45, 7) is 3.25. The first-order chi connectivity index (χ1) is 16.0. The average molecular weight is 442 g/mol. The molecule has 3 aromatic rings. The number of rotatable bonds is 7. The molecule has 0 unspecified atom stereocenters. The number of nitrogens with one attached hydrogen (secondary N) is 2. The summed E-state index contributed by atoms with van der Waals surface area (Å²) < 4.78 is 0. The first kappa shape index (κ1) is 22.3. The molecule has 0 aliphatic carbocycles. The van der Waals surface area contributed by atoms with Crippen molar-refractivity contribution in [1.82, 2.24) is 10.2 Å². The molecule has 0 saturated carbocycles. The number of amides is 3. The maximum atomic E-state index is 12.9. The lowest BCUT2D eigenvalue weighted by atomic mass is 10.1. The fraction of sp³-hybridized carbons (Fsp3) is 0.222. The van der Waals surface area contributed by atoms with Gasteiger partial charge in [0, 0.05) is 26.1 Å². The molecule has 1 aliphatic rings. The van der Waals surface area contributed by atoms with E-state index in [0.29, 0.717) is 30.9 Å². The topological polar surface area (TPSA) is 78.5 Å². The Morgan fingerprint density at radius 2 is 1.67 bits per heavy atom. The smallest absolute Gasteiger partial charge is 0.253 e. The number of aryl methyl sites for hydroxylation is 1. The quantitative estimate of drug-likeness (QED) is 0.584. The Hall–Kier alpha value is -3.93. The summed E-state index contributed by atoms with van der Waals surface area (Å²) in [6.07, 6.45) is 0.167. The lowest BCUT2D eigenvalue weighted by molar-refractivity contribution is -0.128. The number of hydrogen-bond acceptors (Lipinski definition) is 3. The van der Waals surface area contributed by atoms with Crippen LogP contribution in [0, 0.1) is 12.8 Å². The van der Waals surface area contributed by atoms with Crippen molar-refractivity contribution >= 4 is 23.4 Å². The maximum Gasteiger partial charge on any atom is 0.253 e. The van der Waals surface area contributed by atoms with E-state index in [2.05, 4.69) is 10.6 Å². The van der Waals surface area contributed by atoms with Gasteiger partial charge < -0.3 is 15.5 Å². The van der Waals surface area contributed by atoms with Crippen molar-refractivity contribution < 1.29 is 14.4 Å². The molecular weight excluding hydrogens is 414 g/mol. The van der Waals surface area contributed by atoms with Crippen LogP contribution in [0.1, 0.15) is 33.5 Å². The summed E-state index contributed by atoms with van der Waals surface area (Å²) in [5.74, 6) is -1.01. The molecule has 2 N–H and O–H groups in total. The van der Waals surface area contributed by atoms with E-state index >= 15 is 0 Å². The predicted molar refractivity (Wildman–Crippen MR) is 127 cm³/mol. The van der Waals surface area contributed by atoms with Gasteiger partial charge in [-0.3, -0.25) is 14.4 Å². The van der Waals surface area contributed by atoms with E-state index in [4.69, 9.17) is 0 Å². The zero-order chi connectivity index (χ0) is 23.2. The lowest BCUT2D eigenvalue weighted by Crippen LogP contribution is -2.29. The first-order valence-corrected chi connectivity index (χ1v) is 11.0. The van der Waals surface area contributed by atoms with E-state index in [-0.39, 0.29) is 24.1 Å². The lowest BCUT2D eigenvalue weighted by Gasteiger charge is -2.17. The van der Waals surface area contributed by atoms with Gasteiger partial charge in [-0.1, -0.05) is 72.3 Å². The summed E-state index contributed by atoms with van der Waals surface area (Å²) >= 11 is 0. The standard InChI is InChI=1S/C27H27N3O3/c1-19-8-7-11-21(14-19)16-28-27(33)23-12-5-6-13-24(23)29-26(32)22-15-25(31)30(18-22)17-20-9-3-2-4-10-20/h2-14,22H,15-18H2,1H3,(H,28,33)(H,29,32)/t22-/m0/s1. The van der Waals surface area contributed by atoms with Crippen LogP contribution in [0.3, 0.4) is 0 Å². The first-order valence-electron chi connectivity index (χ1n) is 11.0. The molecule has 1 heterocycles. The number of nitrogens with zero attached hydrogens (tertiary/aromatic N) is 1. The molecule has 0 radical (unpaired) electrons. The van der Waals surface area contributed by atoms with Gasteiger partial charge in [-0.15, -0.1) is 0 Å². The van der Waals surface area contributed by atoms with Gasteiger partial charge in [0.2, 0.25) is 11.8 Å². The third kappa shape index (κ3) is 5.66. The number of benzene rings is 3. The van der Waals surface area contributed by atoms with Crippen molar-refractivity contribution in [1.29, 1.82) is 0 Å².